The van der Waals surface area contributed by atoms with E-state index in [0.29, 0.717) is 26.2 Å². The molecule has 1 N–H and O–H groups in total. The quantitative estimate of drug-likeness (QED) is 0.708. The molecule has 3 aromatic rings. The fourth-order valence-corrected chi connectivity index (χ4v) is 3.89. The van der Waals surface area contributed by atoms with Gasteiger partial charge >= 0.3 is 0 Å². The largest absolute Gasteiger partial charge is 0.337 e. The molecule has 152 valence electrons. The third-order valence-electron chi connectivity index (χ3n) is 5.38. The first-order chi connectivity index (χ1) is 14.1. The Kier molecular flexibility index (Phi) is 5.28. The van der Waals surface area contributed by atoms with Crippen molar-refractivity contribution in [2.75, 3.05) is 26.2 Å². The van der Waals surface area contributed by atoms with Gasteiger partial charge in [-0.05, 0) is 25.5 Å². The maximum atomic E-state index is 13.2. The molecule has 0 bridgehead atoms. The molecule has 2 amide bonds. The van der Waals surface area contributed by atoms with E-state index in [1.807, 2.05) is 36.1 Å². The third-order valence-corrected chi connectivity index (χ3v) is 5.38. The molecule has 3 heterocycles. The predicted molar refractivity (Wildman–Crippen MR) is 107 cm³/mol. The Morgan fingerprint density at radius 1 is 1.14 bits per heavy atom. The van der Waals surface area contributed by atoms with Crippen molar-refractivity contribution in [3.8, 4) is 0 Å². The van der Waals surface area contributed by atoms with Crippen LogP contribution in [0.3, 0.4) is 0 Å². The van der Waals surface area contributed by atoms with Crippen LogP contribution in [0.15, 0.2) is 30.6 Å². The van der Waals surface area contributed by atoms with E-state index < -0.39 is 0 Å². The van der Waals surface area contributed by atoms with Crippen molar-refractivity contribution in [1.82, 2.24) is 34.5 Å². The Labute approximate surface area is 168 Å². The van der Waals surface area contributed by atoms with E-state index in [1.165, 1.54) is 6.33 Å². The summed E-state index contributed by atoms with van der Waals surface area (Å²) >= 11 is 0. The van der Waals surface area contributed by atoms with Gasteiger partial charge in [-0.3, -0.25) is 14.7 Å². The molecule has 29 heavy (non-hydrogen) atoms. The van der Waals surface area contributed by atoms with Crippen LogP contribution in [0.4, 0.5) is 0 Å². The molecular weight excluding hydrogens is 370 g/mol. The highest BCUT2D eigenvalue weighted by Gasteiger charge is 2.30. The number of fused-ring (bicyclic) bond motifs is 1. The number of aromatic amines is 1. The second kappa shape index (κ2) is 8.02. The first kappa shape index (κ1) is 19.1. The minimum Gasteiger partial charge on any atom is -0.337 e. The molecule has 1 aliphatic rings. The minimum atomic E-state index is -0.347. The molecule has 0 spiro atoms. The van der Waals surface area contributed by atoms with Crippen LogP contribution < -0.4 is 0 Å². The standard InChI is InChI=1S/C20H25N7O2/c1-3-6-17-23-15-7-4-5-8-16(15)27(17)14(2)19(28)25-9-11-26(12-10-25)20(29)18-21-13-22-24-18/h4-5,7-8,13-14H,3,6,9-12H2,1-2H3,(H,21,22,24)/t14-/m0/s1. The summed E-state index contributed by atoms with van der Waals surface area (Å²) in [6.07, 6.45) is 3.11. The van der Waals surface area contributed by atoms with Gasteiger partial charge in [-0.1, -0.05) is 19.1 Å². The molecule has 1 fully saturated rings. The van der Waals surface area contributed by atoms with E-state index in [-0.39, 0.29) is 23.7 Å². The number of para-hydroxylation sites is 2. The smallest absolute Gasteiger partial charge is 0.291 e. The number of hydrogen-bond donors (Lipinski definition) is 1. The van der Waals surface area contributed by atoms with Crippen LogP contribution in [-0.4, -0.2) is 72.5 Å². The first-order valence-corrected chi connectivity index (χ1v) is 9.99. The average molecular weight is 395 g/mol. The van der Waals surface area contributed by atoms with Crippen LogP contribution in [-0.2, 0) is 11.2 Å². The predicted octanol–water partition coefficient (Wildman–Crippen LogP) is 1.65. The fourth-order valence-electron chi connectivity index (χ4n) is 3.89. The number of carbonyl (C=O) groups is 2. The maximum absolute atomic E-state index is 13.2. The summed E-state index contributed by atoms with van der Waals surface area (Å²) in [5.41, 5.74) is 1.90. The fraction of sp³-hybridized carbons (Fsp3) is 0.450. The number of nitrogens with one attached hydrogen (secondary N) is 1. The average Bonchev–Trinajstić information content (AvgIpc) is 3.40. The number of aryl methyl sites for hydroxylation is 1. The summed E-state index contributed by atoms with van der Waals surface area (Å²) in [6, 6.07) is 7.59. The number of H-pyrrole nitrogens is 1. The van der Waals surface area contributed by atoms with E-state index in [2.05, 4.69) is 26.7 Å². The molecule has 1 aliphatic heterocycles. The molecule has 1 aromatic carbocycles. The number of amides is 2. The highest BCUT2D eigenvalue weighted by molar-refractivity contribution is 5.90. The molecule has 9 heteroatoms. The van der Waals surface area contributed by atoms with Gasteiger partial charge in [-0.25, -0.2) is 9.97 Å². The summed E-state index contributed by atoms with van der Waals surface area (Å²) in [6.45, 7) is 6.00. The van der Waals surface area contributed by atoms with Crippen LogP contribution in [0.5, 0.6) is 0 Å². The van der Waals surface area contributed by atoms with E-state index >= 15 is 0 Å². The molecular formula is C20H25N7O2. The van der Waals surface area contributed by atoms with Crippen molar-refractivity contribution in [3.63, 3.8) is 0 Å². The van der Waals surface area contributed by atoms with E-state index in [4.69, 9.17) is 4.98 Å². The lowest BCUT2D eigenvalue weighted by molar-refractivity contribution is -0.135. The zero-order chi connectivity index (χ0) is 20.4. The SMILES string of the molecule is CCCc1nc2ccccc2n1[C@@H](C)C(=O)N1CCN(C(=O)c2ncn[nH]2)CC1. The lowest BCUT2D eigenvalue weighted by Crippen LogP contribution is -2.52. The second-order valence-electron chi connectivity index (χ2n) is 7.26. The van der Waals surface area contributed by atoms with E-state index in [1.54, 1.807) is 4.90 Å². The Morgan fingerprint density at radius 2 is 1.86 bits per heavy atom. The Bertz CT molecular complexity index is 1000. The normalized spacial score (nSPS) is 15.7. The molecule has 0 saturated carbocycles. The molecule has 1 atom stereocenters. The van der Waals surface area contributed by atoms with Crippen molar-refractivity contribution in [3.05, 3.63) is 42.2 Å². The molecule has 0 radical (unpaired) electrons. The van der Waals surface area contributed by atoms with Crippen LogP contribution in [0, 0.1) is 0 Å². The topological polar surface area (TPSA) is 100 Å². The van der Waals surface area contributed by atoms with Crippen molar-refractivity contribution < 1.29 is 9.59 Å². The number of carbonyl (C=O) groups excluding carboxylic acids is 2. The third kappa shape index (κ3) is 3.59. The first-order valence-electron chi connectivity index (χ1n) is 9.99. The van der Waals surface area contributed by atoms with Gasteiger partial charge in [-0.2, -0.15) is 5.10 Å². The van der Waals surface area contributed by atoms with E-state index in [9.17, 15) is 9.59 Å². The van der Waals surface area contributed by atoms with E-state index in [0.717, 1.165) is 29.7 Å². The highest BCUT2D eigenvalue weighted by Crippen LogP contribution is 2.24. The number of benzene rings is 1. The van der Waals surface area contributed by atoms with Crippen LogP contribution in [0.1, 0.15) is 42.8 Å². The van der Waals surface area contributed by atoms with Crippen LogP contribution >= 0.6 is 0 Å². The van der Waals surface area contributed by atoms with Gasteiger partial charge < -0.3 is 14.4 Å². The van der Waals surface area contributed by atoms with Crippen molar-refractivity contribution >= 4 is 22.8 Å². The molecule has 9 nitrogen and oxygen atoms in total. The molecule has 2 aromatic heterocycles. The second-order valence-corrected chi connectivity index (χ2v) is 7.26. The number of aromatic nitrogens is 5. The Morgan fingerprint density at radius 3 is 2.55 bits per heavy atom. The number of imidazole rings is 1. The summed E-state index contributed by atoms with van der Waals surface area (Å²) in [5.74, 6) is 1.03. The van der Waals surface area contributed by atoms with Gasteiger partial charge in [0.25, 0.3) is 5.91 Å². The number of hydrogen-bond acceptors (Lipinski definition) is 5. The van der Waals surface area contributed by atoms with Gasteiger partial charge in [0.05, 0.1) is 11.0 Å². The molecule has 0 unspecified atom stereocenters. The summed E-state index contributed by atoms with van der Waals surface area (Å²) in [5, 5.41) is 6.32. The van der Waals surface area contributed by atoms with Gasteiger partial charge in [0.2, 0.25) is 11.7 Å². The van der Waals surface area contributed by atoms with Gasteiger partial charge in [0.15, 0.2) is 0 Å². The summed E-state index contributed by atoms with van der Waals surface area (Å²) in [4.78, 5) is 37.8. The van der Waals surface area contributed by atoms with Crippen LogP contribution in [0.25, 0.3) is 11.0 Å². The summed E-state index contributed by atoms with van der Waals surface area (Å²) in [7, 11) is 0. The monoisotopic (exact) mass is 395 g/mol. The van der Waals surface area contributed by atoms with Gasteiger partial charge in [-0.15, -0.1) is 0 Å². The number of piperazine rings is 1. The van der Waals surface area contributed by atoms with Crippen molar-refractivity contribution in [2.24, 2.45) is 0 Å². The zero-order valence-electron chi connectivity index (χ0n) is 16.7. The van der Waals surface area contributed by atoms with Gasteiger partial charge in [0.1, 0.15) is 18.2 Å². The maximum Gasteiger partial charge on any atom is 0.291 e. The van der Waals surface area contributed by atoms with Crippen LogP contribution in [0.2, 0.25) is 0 Å². The Balaban J connectivity index is 1.49. The lowest BCUT2D eigenvalue weighted by Gasteiger charge is -2.36. The number of rotatable bonds is 5. The molecule has 1 saturated heterocycles. The van der Waals surface area contributed by atoms with Crippen molar-refractivity contribution in [1.29, 1.82) is 0 Å². The molecule has 0 aliphatic carbocycles. The van der Waals surface area contributed by atoms with Crippen molar-refractivity contribution in [2.45, 2.75) is 32.7 Å². The number of nitrogens with zero attached hydrogens (tertiary/aromatic N) is 6. The summed E-state index contributed by atoms with van der Waals surface area (Å²) < 4.78 is 2.06. The van der Waals surface area contributed by atoms with Gasteiger partial charge in [0, 0.05) is 32.6 Å². The molecule has 4 rings (SSSR count). The minimum absolute atomic E-state index is 0.0530. The Hall–Kier alpha value is -3.23. The highest BCUT2D eigenvalue weighted by atomic mass is 16.2. The lowest BCUT2D eigenvalue weighted by atomic mass is 10.2. The zero-order valence-corrected chi connectivity index (χ0v) is 16.7.